The lowest BCUT2D eigenvalue weighted by atomic mass is 10.3. The third-order valence-electron chi connectivity index (χ3n) is 2.60. The largest absolute Gasteiger partial charge is 0.452 e. The van der Waals surface area contributed by atoms with Crippen molar-refractivity contribution in [1.29, 1.82) is 0 Å². The monoisotopic (exact) mass is 427 g/mol. The number of hydrogen-bond donors (Lipinski definition) is 1. The number of carbonyl (C=O) groups is 2. The Morgan fingerprint density at radius 2 is 2.14 bits per heavy atom. The molecule has 0 unspecified atom stereocenters. The van der Waals surface area contributed by atoms with Crippen LogP contribution < -0.4 is 5.32 Å². The molecule has 1 heterocycles. The van der Waals surface area contributed by atoms with Gasteiger partial charge in [0.25, 0.3) is 5.91 Å². The van der Waals surface area contributed by atoms with Gasteiger partial charge in [-0.25, -0.2) is 4.79 Å². The van der Waals surface area contributed by atoms with Gasteiger partial charge >= 0.3 is 5.97 Å². The first-order valence-electron chi connectivity index (χ1n) is 6.49. The van der Waals surface area contributed by atoms with Gasteiger partial charge in [-0.2, -0.15) is 0 Å². The zero-order valence-electron chi connectivity index (χ0n) is 11.8. The van der Waals surface area contributed by atoms with Crippen molar-refractivity contribution in [2.45, 2.75) is 6.92 Å². The minimum Gasteiger partial charge on any atom is -0.452 e. The summed E-state index contributed by atoms with van der Waals surface area (Å²) < 4.78 is 5.92. The van der Waals surface area contributed by atoms with Crippen LogP contribution >= 0.6 is 33.9 Å². The number of rotatable bonds is 5. The van der Waals surface area contributed by atoms with Crippen LogP contribution in [0.3, 0.4) is 0 Å². The van der Waals surface area contributed by atoms with E-state index < -0.39 is 5.97 Å². The minimum atomic E-state index is -0.538. The molecule has 4 nitrogen and oxygen atoms in total. The number of aryl methyl sites for hydroxylation is 1. The summed E-state index contributed by atoms with van der Waals surface area (Å²) in [5.74, 6) is -0.903. The Kier molecular flexibility index (Phi) is 6.14. The normalized spacial score (nSPS) is 10.6. The van der Waals surface area contributed by atoms with Crippen LogP contribution in [0.1, 0.15) is 9.75 Å². The van der Waals surface area contributed by atoms with E-state index in [0.717, 1.165) is 8.45 Å². The predicted octanol–water partition coefficient (Wildman–Crippen LogP) is 3.86. The van der Waals surface area contributed by atoms with E-state index in [1.54, 1.807) is 23.5 Å². The first kappa shape index (κ1) is 16.7. The van der Waals surface area contributed by atoms with Gasteiger partial charge in [0.15, 0.2) is 6.61 Å². The van der Waals surface area contributed by atoms with E-state index in [1.807, 2.05) is 37.3 Å². The van der Waals surface area contributed by atoms with E-state index in [9.17, 15) is 9.59 Å². The Bertz CT molecular complexity index is 709. The van der Waals surface area contributed by atoms with Crippen molar-refractivity contribution < 1.29 is 14.3 Å². The average Bonchev–Trinajstić information content (AvgIpc) is 2.89. The molecule has 1 aromatic heterocycles. The molecule has 0 aliphatic heterocycles. The molecule has 0 spiro atoms. The summed E-state index contributed by atoms with van der Waals surface area (Å²) in [4.78, 5) is 25.4. The number of esters is 1. The van der Waals surface area contributed by atoms with E-state index >= 15 is 0 Å². The molecule has 1 aromatic carbocycles. The molecule has 2 aromatic rings. The fraction of sp³-hybridized carbons (Fsp3) is 0.125. The molecule has 0 bridgehead atoms. The molecule has 0 atom stereocenters. The van der Waals surface area contributed by atoms with Crippen molar-refractivity contribution in [3.63, 3.8) is 0 Å². The van der Waals surface area contributed by atoms with E-state index in [0.29, 0.717) is 5.69 Å². The Balaban J connectivity index is 1.78. The number of hydrogen-bond acceptors (Lipinski definition) is 4. The summed E-state index contributed by atoms with van der Waals surface area (Å²) in [6.45, 7) is 1.69. The van der Waals surface area contributed by atoms with Crippen LogP contribution in [0.5, 0.6) is 0 Å². The second-order valence-electron chi connectivity index (χ2n) is 4.45. The Labute approximate surface area is 146 Å². The van der Waals surface area contributed by atoms with Crippen molar-refractivity contribution >= 4 is 57.6 Å². The van der Waals surface area contributed by atoms with Crippen LogP contribution in [0, 0.1) is 10.5 Å². The number of anilines is 1. The average molecular weight is 427 g/mol. The maximum absolute atomic E-state index is 11.7. The molecule has 22 heavy (non-hydrogen) atoms. The van der Waals surface area contributed by atoms with Gasteiger partial charge in [-0.1, -0.05) is 6.07 Å². The number of nitrogens with one attached hydrogen (secondary N) is 1. The Hall–Kier alpha value is -1.67. The zero-order valence-corrected chi connectivity index (χ0v) is 14.8. The van der Waals surface area contributed by atoms with Crippen LogP contribution in [0.15, 0.2) is 42.5 Å². The van der Waals surface area contributed by atoms with Crippen LogP contribution in [-0.4, -0.2) is 18.5 Å². The number of carbonyl (C=O) groups excluding carboxylic acids is 2. The van der Waals surface area contributed by atoms with Crippen molar-refractivity contribution in [2.75, 3.05) is 11.9 Å². The van der Waals surface area contributed by atoms with Crippen molar-refractivity contribution in [2.24, 2.45) is 0 Å². The Morgan fingerprint density at radius 1 is 1.32 bits per heavy atom. The number of thiophene rings is 1. The van der Waals surface area contributed by atoms with Crippen LogP contribution in [0.4, 0.5) is 5.69 Å². The number of benzene rings is 1. The number of ether oxygens (including phenoxy) is 1. The SMILES string of the molecule is Cc1ccc(/C=C/C(=O)OCC(=O)Nc2cccc(I)c2)s1. The van der Waals surface area contributed by atoms with Crippen LogP contribution in [0.25, 0.3) is 6.08 Å². The second kappa shape index (κ2) is 8.09. The number of halogens is 1. The Morgan fingerprint density at radius 3 is 2.82 bits per heavy atom. The molecule has 1 amide bonds. The van der Waals surface area contributed by atoms with Crippen molar-refractivity contribution in [3.8, 4) is 0 Å². The fourth-order valence-electron chi connectivity index (χ4n) is 1.64. The maximum Gasteiger partial charge on any atom is 0.331 e. The summed E-state index contributed by atoms with van der Waals surface area (Å²) in [6, 6.07) is 11.3. The molecule has 0 saturated heterocycles. The molecule has 0 aliphatic carbocycles. The van der Waals surface area contributed by atoms with Gasteiger partial charge in [-0.15, -0.1) is 11.3 Å². The molecule has 0 saturated carbocycles. The summed E-state index contributed by atoms with van der Waals surface area (Å²) in [7, 11) is 0. The third kappa shape index (κ3) is 5.61. The summed E-state index contributed by atoms with van der Waals surface area (Å²) in [6.07, 6.45) is 3.00. The van der Waals surface area contributed by atoms with Gasteiger partial charge < -0.3 is 10.1 Å². The highest BCUT2D eigenvalue weighted by Crippen LogP contribution is 2.16. The van der Waals surface area contributed by atoms with Gasteiger partial charge in [0, 0.05) is 25.1 Å². The lowest BCUT2D eigenvalue weighted by molar-refractivity contribution is -0.142. The second-order valence-corrected chi connectivity index (χ2v) is 7.01. The summed E-state index contributed by atoms with van der Waals surface area (Å²) in [5, 5.41) is 2.67. The van der Waals surface area contributed by atoms with Gasteiger partial charge in [0.2, 0.25) is 0 Å². The molecule has 0 fully saturated rings. The molecule has 0 aliphatic rings. The maximum atomic E-state index is 11.7. The lowest BCUT2D eigenvalue weighted by Gasteiger charge is -2.05. The smallest absolute Gasteiger partial charge is 0.331 e. The summed E-state index contributed by atoms with van der Waals surface area (Å²) in [5.41, 5.74) is 0.678. The molecular weight excluding hydrogens is 413 g/mol. The van der Waals surface area contributed by atoms with Gasteiger partial charge in [-0.05, 0) is 65.9 Å². The van der Waals surface area contributed by atoms with Crippen LogP contribution in [-0.2, 0) is 14.3 Å². The van der Waals surface area contributed by atoms with Gasteiger partial charge in [0.05, 0.1) is 0 Å². The van der Waals surface area contributed by atoms with Gasteiger partial charge in [0.1, 0.15) is 0 Å². The highest BCUT2D eigenvalue weighted by molar-refractivity contribution is 14.1. The fourth-order valence-corrected chi connectivity index (χ4v) is 2.96. The van der Waals surface area contributed by atoms with Crippen molar-refractivity contribution in [1.82, 2.24) is 0 Å². The molecule has 6 heteroatoms. The van der Waals surface area contributed by atoms with E-state index in [-0.39, 0.29) is 12.5 Å². The van der Waals surface area contributed by atoms with Gasteiger partial charge in [-0.3, -0.25) is 4.79 Å². The molecule has 1 N–H and O–H groups in total. The first-order chi connectivity index (χ1) is 10.5. The molecular formula is C16H14INO3S. The van der Waals surface area contributed by atoms with E-state index in [2.05, 4.69) is 27.9 Å². The molecule has 114 valence electrons. The number of amides is 1. The highest BCUT2D eigenvalue weighted by atomic mass is 127. The molecule has 0 radical (unpaired) electrons. The highest BCUT2D eigenvalue weighted by Gasteiger charge is 2.06. The zero-order chi connectivity index (χ0) is 15.9. The van der Waals surface area contributed by atoms with E-state index in [4.69, 9.17) is 4.74 Å². The third-order valence-corrected chi connectivity index (χ3v) is 4.24. The van der Waals surface area contributed by atoms with E-state index in [1.165, 1.54) is 11.0 Å². The quantitative estimate of drug-likeness (QED) is 0.448. The summed E-state index contributed by atoms with van der Waals surface area (Å²) >= 11 is 3.74. The topological polar surface area (TPSA) is 55.4 Å². The minimum absolute atomic E-state index is 0.307. The molecule has 2 rings (SSSR count). The first-order valence-corrected chi connectivity index (χ1v) is 8.39. The predicted molar refractivity (Wildman–Crippen MR) is 96.8 cm³/mol. The standard InChI is InChI=1S/C16H14INO3S/c1-11-5-6-14(22-11)7-8-16(20)21-10-15(19)18-13-4-2-3-12(17)9-13/h2-9H,10H2,1H3,(H,18,19)/b8-7+. The van der Waals surface area contributed by atoms with Crippen LogP contribution in [0.2, 0.25) is 0 Å². The van der Waals surface area contributed by atoms with Crippen molar-refractivity contribution in [3.05, 3.63) is 55.8 Å². The lowest BCUT2D eigenvalue weighted by Crippen LogP contribution is -2.20.